The average Bonchev–Trinajstić information content (AvgIpc) is 2.85. The van der Waals surface area contributed by atoms with E-state index >= 15 is 0 Å². The van der Waals surface area contributed by atoms with E-state index in [-0.39, 0.29) is 29.7 Å². The zero-order valence-electron chi connectivity index (χ0n) is 14.7. The first kappa shape index (κ1) is 24.2. The normalized spacial score (nSPS) is 16.2. The quantitative estimate of drug-likeness (QED) is 0.319. The molecular weight excluding hydrogens is 532 g/mol. The number of guanidine groups is 1. The van der Waals surface area contributed by atoms with Crippen LogP contribution in [0, 0.1) is 0 Å². The Morgan fingerprint density at radius 1 is 1.31 bits per heavy atom. The Morgan fingerprint density at radius 3 is 2.50 bits per heavy atom. The van der Waals surface area contributed by atoms with Crippen molar-refractivity contribution >= 4 is 74.9 Å². The van der Waals surface area contributed by atoms with Gasteiger partial charge in [-0.1, -0.05) is 23.2 Å². The Morgan fingerprint density at radius 2 is 1.96 bits per heavy atom. The van der Waals surface area contributed by atoms with Gasteiger partial charge in [0.1, 0.15) is 5.15 Å². The molecule has 1 saturated heterocycles. The molecule has 2 N–H and O–H groups in total. The lowest BCUT2D eigenvalue weighted by molar-refractivity contribution is 0.443. The van der Waals surface area contributed by atoms with Gasteiger partial charge in [-0.05, 0) is 6.07 Å². The van der Waals surface area contributed by atoms with Crippen molar-refractivity contribution in [1.29, 1.82) is 0 Å². The Balaban J connectivity index is 0.00000338. The highest BCUT2D eigenvalue weighted by atomic mass is 127. The Labute approximate surface area is 186 Å². The van der Waals surface area contributed by atoms with Crippen molar-refractivity contribution in [2.45, 2.75) is 6.54 Å². The molecule has 0 spiro atoms. The van der Waals surface area contributed by atoms with Crippen LogP contribution in [0.2, 0.25) is 10.2 Å². The van der Waals surface area contributed by atoms with E-state index in [1.165, 1.54) is 0 Å². The number of aromatic nitrogens is 1. The average molecular weight is 556 g/mol. The van der Waals surface area contributed by atoms with E-state index in [0.717, 1.165) is 17.2 Å². The van der Waals surface area contributed by atoms with E-state index in [1.54, 1.807) is 33.7 Å². The van der Waals surface area contributed by atoms with Crippen LogP contribution >= 0.6 is 58.9 Å². The maximum Gasteiger partial charge on any atom is 0.215 e. The van der Waals surface area contributed by atoms with Crippen LogP contribution in [0.4, 0.5) is 0 Å². The third kappa shape index (κ3) is 6.62. The highest BCUT2D eigenvalue weighted by Crippen LogP contribution is 2.24. The summed E-state index contributed by atoms with van der Waals surface area (Å²) >= 11 is 13.8. The molecule has 0 unspecified atom stereocenters. The molecule has 12 heteroatoms. The van der Waals surface area contributed by atoms with Crippen molar-refractivity contribution in [2.24, 2.45) is 12.0 Å². The van der Waals surface area contributed by atoms with Crippen molar-refractivity contribution < 1.29 is 8.42 Å². The number of hydrogen-bond acceptors (Lipinski definition) is 4. The van der Waals surface area contributed by atoms with Crippen molar-refractivity contribution in [1.82, 2.24) is 19.5 Å². The van der Waals surface area contributed by atoms with Gasteiger partial charge in [-0.25, -0.2) is 12.7 Å². The van der Waals surface area contributed by atoms with Gasteiger partial charge in [-0.2, -0.15) is 11.8 Å². The number of nitrogens with one attached hydrogen (secondary N) is 2. The molecule has 1 aliphatic heterocycles. The zero-order chi connectivity index (χ0) is 18.4. The van der Waals surface area contributed by atoms with Crippen LogP contribution in [-0.2, 0) is 23.6 Å². The van der Waals surface area contributed by atoms with Crippen LogP contribution in [0.5, 0.6) is 0 Å². The molecule has 0 atom stereocenters. The molecule has 1 aromatic heterocycles. The number of thioether (sulfide) groups is 1. The fraction of sp³-hybridized carbons (Fsp3) is 0.643. The molecule has 0 amide bonds. The summed E-state index contributed by atoms with van der Waals surface area (Å²) < 4.78 is 28.0. The van der Waals surface area contributed by atoms with E-state index in [4.69, 9.17) is 23.2 Å². The fourth-order valence-electron chi connectivity index (χ4n) is 2.41. The summed E-state index contributed by atoms with van der Waals surface area (Å²) in [5.41, 5.74) is 0.899. The molecule has 1 fully saturated rings. The molecule has 150 valence electrons. The third-order valence-corrected chi connectivity index (χ3v) is 7.55. The van der Waals surface area contributed by atoms with Gasteiger partial charge in [0.05, 0.1) is 17.3 Å². The first-order valence-electron chi connectivity index (χ1n) is 7.85. The van der Waals surface area contributed by atoms with Crippen molar-refractivity contribution in [3.63, 3.8) is 0 Å². The molecule has 2 heterocycles. The lowest BCUT2D eigenvalue weighted by Gasteiger charge is -2.25. The molecule has 0 aliphatic carbocycles. The third-order valence-electron chi connectivity index (χ3n) is 3.89. The number of rotatable bonds is 6. The van der Waals surface area contributed by atoms with Gasteiger partial charge in [-0.3, -0.25) is 4.99 Å². The number of sulfonamides is 1. The summed E-state index contributed by atoms with van der Waals surface area (Å²) in [4.78, 5) is 4.10. The summed E-state index contributed by atoms with van der Waals surface area (Å²) in [6.07, 6.45) is 0. The van der Waals surface area contributed by atoms with Crippen molar-refractivity contribution in [3.8, 4) is 0 Å². The fourth-order valence-corrected chi connectivity index (χ4v) is 5.31. The zero-order valence-corrected chi connectivity index (χ0v) is 20.1. The Kier molecular flexibility index (Phi) is 10.4. The van der Waals surface area contributed by atoms with Crippen molar-refractivity contribution in [3.05, 3.63) is 21.9 Å². The van der Waals surface area contributed by atoms with E-state index in [2.05, 4.69) is 15.6 Å². The minimum atomic E-state index is -3.23. The molecule has 2 rings (SSSR count). The number of aliphatic imine (C=N–C) groups is 1. The summed E-state index contributed by atoms with van der Waals surface area (Å²) in [6.45, 7) is 1.95. The molecule has 1 aromatic rings. The highest BCUT2D eigenvalue weighted by molar-refractivity contribution is 14.0. The predicted molar refractivity (Wildman–Crippen MR) is 122 cm³/mol. The van der Waals surface area contributed by atoms with Crippen LogP contribution in [0.1, 0.15) is 5.69 Å². The Bertz CT molecular complexity index is 721. The molecule has 0 aromatic carbocycles. The summed E-state index contributed by atoms with van der Waals surface area (Å²) in [7, 11) is 0.232. The summed E-state index contributed by atoms with van der Waals surface area (Å²) in [6, 6.07) is 1.78. The second kappa shape index (κ2) is 11.2. The van der Waals surface area contributed by atoms with E-state index in [0.29, 0.717) is 42.3 Å². The van der Waals surface area contributed by atoms with Gasteiger partial charge in [0, 0.05) is 50.9 Å². The van der Waals surface area contributed by atoms with Crippen molar-refractivity contribution in [2.75, 3.05) is 43.9 Å². The lowest BCUT2D eigenvalue weighted by atomic mass is 10.4. The predicted octanol–water partition coefficient (Wildman–Crippen LogP) is 1.99. The largest absolute Gasteiger partial charge is 0.355 e. The smallest absolute Gasteiger partial charge is 0.215 e. The van der Waals surface area contributed by atoms with Crippen LogP contribution < -0.4 is 10.6 Å². The summed E-state index contributed by atoms with van der Waals surface area (Å²) in [5, 5.41) is 7.12. The van der Waals surface area contributed by atoms with Gasteiger partial charge in [0.15, 0.2) is 5.96 Å². The monoisotopic (exact) mass is 555 g/mol. The number of nitrogens with zero attached hydrogens (tertiary/aromatic N) is 3. The van der Waals surface area contributed by atoms with Gasteiger partial charge >= 0.3 is 0 Å². The van der Waals surface area contributed by atoms with Gasteiger partial charge in [0.2, 0.25) is 10.0 Å². The maximum atomic E-state index is 12.3. The standard InChI is InChI=1S/C14H23Cl2N5O2S2.HI/c1-17-14(19-10-11-9-12(15)13(16)20(11)2)18-3-8-25(22,23)21-4-6-24-7-5-21;/h9H,3-8,10H2,1-2H3,(H2,17,18,19);1H. The van der Waals surface area contributed by atoms with Crippen LogP contribution in [0.3, 0.4) is 0 Å². The maximum absolute atomic E-state index is 12.3. The van der Waals surface area contributed by atoms with Gasteiger partial charge in [0.25, 0.3) is 0 Å². The van der Waals surface area contributed by atoms with E-state index < -0.39 is 10.0 Å². The molecular formula is C14H24Cl2IN5O2S2. The minimum absolute atomic E-state index is 0. The SMILES string of the molecule is CN=C(NCCS(=O)(=O)N1CCSCC1)NCc1cc(Cl)c(Cl)n1C.I. The number of hydrogen-bond donors (Lipinski definition) is 2. The topological polar surface area (TPSA) is 78.7 Å². The van der Waals surface area contributed by atoms with E-state index in [9.17, 15) is 8.42 Å². The second-order valence-electron chi connectivity index (χ2n) is 5.51. The summed E-state index contributed by atoms with van der Waals surface area (Å²) in [5.74, 6) is 2.29. The van der Waals surface area contributed by atoms with Gasteiger partial charge in [-0.15, -0.1) is 24.0 Å². The minimum Gasteiger partial charge on any atom is -0.355 e. The second-order valence-corrected chi connectivity index (χ2v) is 9.59. The Hall–Kier alpha value is 0.120. The molecule has 0 radical (unpaired) electrons. The number of halogens is 3. The first-order chi connectivity index (χ1) is 11.8. The highest BCUT2D eigenvalue weighted by Gasteiger charge is 2.23. The molecule has 26 heavy (non-hydrogen) atoms. The molecule has 7 nitrogen and oxygen atoms in total. The van der Waals surface area contributed by atoms with Gasteiger partial charge < -0.3 is 15.2 Å². The molecule has 1 aliphatic rings. The first-order valence-corrected chi connectivity index (χ1v) is 11.4. The van der Waals surface area contributed by atoms with Crippen LogP contribution in [-0.4, -0.2) is 67.2 Å². The van der Waals surface area contributed by atoms with E-state index in [1.807, 2.05) is 7.05 Å². The molecule has 0 bridgehead atoms. The molecule has 0 saturated carbocycles. The lowest BCUT2D eigenvalue weighted by Crippen LogP contribution is -2.44. The van der Waals surface area contributed by atoms with Crippen LogP contribution in [0.25, 0.3) is 0 Å². The van der Waals surface area contributed by atoms with Crippen LogP contribution in [0.15, 0.2) is 11.1 Å².